The van der Waals surface area contributed by atoms with Gasteiger partial charge in [0, 0.05) is 24.9 Å². The second kappa shape index (κ2) is 13.7. The number of ether oxygens (including phenoxy) is 1. The summed E-state index contributed by atoms with van der Waals surface area (Å²) < 4.78 is 41.9. The molecule has 4 N–H and O–H groups in total. The fraction of sp³-hybridized carbons (Fsp3) is 0.607. The number of rotatable bonds is 13. The van der Waals surface area contributed by atoms with Crippen LogP contribution in [0.25, 0.3) is 0 Å². The Balaban J connectivity index is 1.69. The largest absolute Gasteiger partial charge is 0.573 e. The topological polar surface area (TPSA) is 143 Å². The number of ketones is 1. The van der Waals surface area contributed by atoms with Crippen molar-refractivity contribution in [1.29, 1.82) is 0 Å². The summed E-state index contributed by atoms with van der Waals surface area (Å²) in [6.45, 7) is 5.98. The van der Waals surface area contributed by atoms with Crippen LogP contribution in [0.4, 0.5) is 13.2 Å². The fourth-order valence-electron chi connectivity index (χ4n) is 4.55. The number of benzene rings is 1. The van der Waals surface area contributed by atoms with Gasteiger partial charge in [-0.3, -0.25) is 24.0 Å². The van der Waals surface area contributed by atoms with E-state index in [1.807, 2.05) is 20.8 Å². The molecule has 10 nitrogen and oxygen atoms in total. The molecule has 0 radical (unpaired) electrons. The molecule has 2 unspecified atom stereocenters. The molecule has 1 aromatic carbocycles. The Bertz CT molecular complexity index is 1200. The Morgan fingerprint density at radius 3 is 2.33 bits per heavy atom. The molecule has 3 rings (SSSR count). The number of Topliss-reactive ketones (excluding diaryl/α,β-unsaturated/α-hetero) is 1. The molecule has 14 heteroatoms. The van der Waals surface area contributed by atoms with E-state index in [-0.39, 0.29) is 42.7 Å². The van der Waals surface area contributed by atoms with Crippen molar-refractivity contribution in [2.75, 3.05) is 6.54 Å². The number of hydrogen-bond acceptors (Lipinski definition) is 6. The SMILES string of the molecule is CC(C)(C)CC(NC(=O)CCc1ccc(Cl)c(OC(F)(F)F)c1)C(=O)NC(C[C@@H]1CCNC1=O)C(=O)C(=O)NC1CC1. The lowest BCUT2D eigenvalue weighted by molar-refractivity contribution is -0.274. The lowest BCUT2D eigenvalue weighted by Gasteiger charge is -2.28. The predicted octanol–water partition coefficient (Wildman–Crippen LogP) is 2.95. The molecule has 0 spiro atoms. The van der Waals surface area contributed by atoms with Gasteiger partial charge in [0.25, 0.3) is 5.91 Å². The Hall–Kier alpha value is -3.35. The van der Waals surface area contributed by atoms with E-state index in [1.165, 1.54) is 12.1 Å². The molecule has 1 aromatic rings. The number of hydrogen-bond donors (Lipinski definition) is 4. The van der Waals surface area contributed by atoms with Crippen molar-refractivity contribution in [3.63, 3.8) is 0 Å². The van der Waals surface area contributed by atoms with Crippen LogP contribution in [0.2, 0.25) is 5.02 Å². The predicted molar refractivity (Wildman–Crippen MR) is 146 cm³/mol. The van der Waals surface area contributed by atoms with Crippen LogP contribution in [0, 0.1) is 11.3 Å². The van der Waals surface area contributed by atoms with Crippen LogP contribution in [0.5, 0.6) is 5.75 Å². The van der Waals surface area contributed by atoms with Crippen LogP contribution in [-0.2, 0) is 30.4 Å². The van der Waals surface area contributed by atoms with Crippen molar-refractivity contribution in [3.8, 4) is 5.75 Å². The number of aryl methyl sites for hydroxylation is 1. The van der Waals surface area contributed by atoms with Crippen molar-refractivity contribution in [3.05, 3.63) is 28.8 Å². The summed E-state index contributed by atoms with van der Waals surface area (Å²) in [5.74, 6) is -4.38. The van der Waals surface area contributed by atoms with Crippen LogP contribution in [0.1, 0.15) is 64.9 Å². The Kier molecular flexibility index (Phi) is 10.9. The minimum Gasteiger partial charge on any atom is -0.404 e. The van der Waals surface area contributed by atoms with Crippen LogP contribution in [0.15, 0.2) is 18.2 Å². The summed E-state index contributed by atoms with van der Waals surface area (Å²) in [6, 6.07) is 1.33. The summed E-state index contributed by atoms with van der Waals surface area (Å²) in [6.07, 6.45) is -3.01. The Morgan fingerprint density at radius 2 is 1.76 bits per heavy atom. The second-order valence-corrected chi connectivity index (χ2v) is 12.3. The van der Waals surface area contributed by atoms with Crippen molar-refractivity contribution >= 4 is 41.0 Å². The zero-order chi connectivity index (χ0) is 31.2. The Labute approximate surface area is 246 Å². The maximum Gasteiger partial charge on any atom is 0.573 e. The van der Waals surface area contributed by atoms with Gasteiger partial charge in [0.2, 0.25) is 23.5 Å². The number of halogens is 4. The van der Waals surface area contributed by atoms with Gasteiger partial charge in [-0.05, 0) is 61.6 Å². The monoisotopic (exact) mass is 616 g/mol. The molecular weight excluding hydrogens is 581 g/mol. The van der Waals surface area contributed by atoms with Gasteiger partial charge in [0.1, 0.15) is 11.8 Å². The van der Waals surface area contributed by atoms with Crippen LogP contribution in [0.3, 0.4) is 0 Å². The average molecular weight is 617 g/mol. The van der Waals surface area contributed by atoms with Gasteiger partial charge < -0.3 is 26.0 Å². The van der Waals surface area contributed by atoms with Gasteiger partial charge in [0.15, 0.2) is 0 Å². The van der Waals surface area contributed by atoms with Crippen LogP contribution >= 0.6 is 11.6 Å². The van der Waals surface area contributed by atoms with E-state index < -0.39 is 59.0 Å². The minimum absolute atomic E-state index is 0.0281. The van der Waals surface area contributed by atoms with Crippen molar-refractivity contribution in [2.24, 2.45) is 11.3 Å². The van der Waals surface area contributed by atoms with Crippen molar-refractivity contribution in [1.82, 2.24) is 21.3 Å². The van der Waals surface area contributed by atoms with Gasteiger partial charge in [-0.15, -0.1) is 13.2 Å². The summed E-state index contributed by atoms with van der Waals surface area (Å²) in [5.41, 5.74) is -0.0865. The molecule has 42 heavy (non-hydrogen) atoms. The second-order valence-electron chi connectivity index (χ2n) is 11.9. The molecule has 2 fully saturated rings. The number of nitrogens with one attached hydrogen (secondary N) is 4. The summed E-state index contributed by atoms with van der Waals surface area (Å²) >= 11 is 5.78. The normalized spacial score (nSPS) is 18.5. The maximum absolute atomic E-state index is 13.4. The summed E-state index contributed by atoms with van der Waals surface area (Å²) in [7, 11) is 0. The molecule has 1 aliphatic carbocycles. The highest BCUT2D eigenvalue weighted by atomic mass is 35.5. The molecule has 4 amide bonds. The summed E-state index contributed by atoms with van der Waals surface area (Å²) in [5, 5.41) is 10.3. The quantitative estimate of drug-likeness (QED) is 0.251. The van der Waals surface area contributed by atoms with E-state index in [4.69, 9.17) is 11.6 Å². The standard InChI is InChI=1S/C28H36ClF3N4O6/c1-27(2,3)14-20(35-22(37)9-5-15-4-8-18(29)21(12-15)42-28(30,31)32)25(40)36-19(13-16-10-11-33-24(16)39)23(38)26(41)34-17-6-7-17/h4,8,12,16-17,19-20H,5-7,9-11,13-14H2,1-3H3,(H,33,39)(H,34,41)(H,35,37)(H,36,40)/t16-,19?,20?/m0/s1. The van der Waals surface area contributed by atoms with E-state index >= 15 is 0 Å². The van der Waals surface area contributed by atoms with Gasteiger partial charge in [0.05, 0.1) is 11.1 Å². The molecule has 1 saturated carbocycles. The fourth-order valence-corrected chi connectivity index (χ4v) is 4.71. The number of amides is 4. The van der Waals surface area contributed by atoms with Crippen LogP contribution in [-0.4, -0.2) is 60.4 Å². The smallest absolute Gasteiger partial charge is 0.404 e. The number of alkyl halides is 3. The first kappa shape index (κ1) is 33.2. The lowest BCUT2D eigenvalue weighted by Crippen LogP contribution is -2.55. The molecule has 0 aromatic heterocycles. The number of carbonyl (C=O) groups is 5. The molecule has 0 bridgehead atoms. The van der Waals surface area contributed by atoms with Gasteiger partial charge in [-0.25, -0.2) is 0 Å². The molecule has 232 valence electrons. The highest BCUT2D eigenvalue weighted by molar-refractivity contribution is 6.38. The van der Waals surface area contributed by atoms with E-state index in [9.17, 15) is 37.1 Å². The van der Waals surface area contributed by atoms with Gasteiger partial charge in [-0.2, -0.15) is 0 Å². The first-order valence-corrected chi connectivity index (χ1v) is 14.1. The molecule has 1 heterocycles. The number of carbonyl (C=O) groups excluding carboxylic acids is 5. The highest BCUT2D eigenvalue weighted by Crippen LogP contribution is 2.31. The Morgan fingerprint density at radius 1 is 1.07 bits per heavy atom. The third kappa shape index (κ3) is 10.8. The maximum atomic E-state index is 13.4. The van der Waals surface area contributed by atoms with E-state index in [2.05, 4.69) is 26.0 Å². The van der Waals surface area contributed by atoms with E-state index in [1.54, 1.807) is 0 Å². The van der Waals surface area contributed by atoms with Gasteiger partial charge in [-0.1, -0.05) is 38.4 Å². The van der Waals surface area contributed by atoms with Crippen molar-refractivity contribution < 1.29 is 41.9 Å². The highest BCUT2D eigenvalue weighted by Gasteiger charge is 2.38. The molecule has 3 atom stereocenters. The zero-order valence-electron chi connectivity index (χ0n) is 23.7. The first-order valence-electron chi connectivity index (χ1n) is 13.8. The zero-order valence-corrected chi connectivity index (χ0v) is 24.4. The third-order valence-corrected chi connectivity index (χ3v) is 7.09. The molecule has 1 aliphatic heterocycles. The van der Waals surface area contributed by atoms with Crippen LogP contribution < -0.4 is 26.0 Å². The average Bonchev–Trinajstić information content (AvgIpc) is 3.60. The molecule has 1 saturated heterocycles. The van der Waals surface area contributed by atoms with E-state index in [0.29, 0.717) is 18.5 Å². The van der Waals surface area contributed by atoms with Gasteiger partial charge >= 0.3 is 6.36 Å². The van der Waals surface area contributed by atoms with Crippen molar-refractivity contribution in [2.45, 2.75) is 90.2 Å². The summed E-state index contributed by atoms with van der Waals surface area (Å²) in [4.78, 5) is 64.0. The van der Waals surface area contributed by atoms with E-state index in [0.717, 1.165) is 18.9 Å². The molecule has 2 aliphatic rings. The first-order chi connectivity index (χ1) is 19.5. The minimum atomic E-state index is -4.94. The molecular formula is C28H36ClF3N4O6. The lowest BCUT2D eigenvalue weighted by atomic mass is 9.87. The third-order valence-electron chi connectivity index (χ3n) is 6.78.